The lowest BCUT2D eigenvalue weighted by Gasteiger charge is -2.26. The highest BCUT2D eigenvalue weighted by atomic mass is 16.5. The number of aromatic nitrogens is 2. The molecule has 5 nitrogen and oxygen atoms in total. The minimum atomic E-state index is 0.661. The maximum Gasteiger partial charge on any atom is 0.129 e. The van der Waals surface area contributed by atoms with Crippen molar-refractivity contribution in [3.05, 3.63) is 193 Å². The van der Waals surface area contributed by atoms with Gasteiger partial charge in [-0.2, -0.15) is 5.10 Å². The van der Waals surface area contributed by atoms with Gasteiger partial charge in [0.05, 0.1) is 23.3 Å². The summed E-state index contributed by atoms with van der Waals surface area (Å²) in [4.78, 5) is 4.89. The molecule has 0 amide bonds. The molecule has 0 atom stereocenters. The summed E-state index contributed by atoms with van der Waals surface area (Å²) < 4.78 is 8.46. The predicted molar refractivity (Wildman–Crippen MR) is 223 cm³/mol. The fraction of sp³-hybridized carbons (Fsp3) is 0.0816. The van der Waals surface area contributed by atoms with Crippen LogP contribution in [0, 0.1) is 20.8 Å². The predicted octanol–water partition coefficient (Wildman–Crippen LogP) is 12.8. The van der Waals surface area contributed by atoms with Crippen molar-refractivity contribution < 1.29 is 4.74 Å². The van der Waals surface area contributed by atoms with Gasteiger partial charge in [0.15, 0.2) is 0 Å². The summed E-state index contributed by atoms with van der Waals surface area (Å²) in [6.07, 6.45) is 3.95. The first-order valence-electron chi connectivity index (χ1n) is 18.4. The zero-order valence-corrected chi connectivity index (χ0v) is 30.6. The monoisotopic (exact) mass is 700 g/mol. The van der Waals surface area contributed by atoms with Gasteiger partial charge in [0.1, 0.15) is 18.2 Å². The van der Waals surface area contributed by atoms with Crippen LogP contribution < -0.4 is 14.5 Å². The third-order valence-corrected chi connectivity index (χ3v) is 10.2. The molecule has 0 saturated heterocycles. The van der Waals surface area contributed by atoms with E-state index >= 15 is 0 Å². The number of ether oxygens (including phenoxy) is 1. The number of hydrogen-bond acceptors (Lipinski definition) is 4. The van der Waals surface area contributed by atoms with Crippen LogP contribution >= 0.6 is 0 Å². The smallest absolute Gasteiger partial charge is 0.129 e. The summed E-state index contributed by atoms with van der Waals surface area (Å²) >= 11 is 0. The molecule has 2 heterocycles. The topological polar surface area (TPSA) is 33.5 Å². The molecular formula is C49H40N4O. The highest BCUT2D eigenvalue weighted by Crippen LogP contribution is 2.51. The van der Waals surface area contributed by atoms with Gasteiger partial charge in [-0.05, 0) is 96.1 Å². The third kappa shape index (κ3) is 6.30. The molecule has 0 fully saturated rings. The molecule has 0 N–H and O–H groups in total. The maximum absolute atomic E-state index is 6.57. The summed E-state index contributed by atoms with van der Waals surface area (Å²) in [7, 11) is 0. The summed E-state index contributed by atoms with van der Waals surface area (Å²) in [5, 5.41) is 4.65. The lowest BCUT2D eigenvalue weighted by molar-refractivity contribution is 0.482. The van der Waals surface area contributed by atoms with Crippen molar-refractivity contribution in [2.45, 2.75) is 20.8 Å². The second-order valence-electron chi connectivity index (χ2n) is 14.0. The molecule has 0 bridgehead atoms. The number of hydrogen-bond donors (Lipinski definition) is 0. The molecular weight excluding hydrogens is 661 g/mol. The number of benzene rings is 7. The Kier molecular flexibility index (Phi) is 8.52. The third-order valence-electron chi connectivity index (χ3n) is 10.2. The van der Waals surface area contributed by atoms with Crippen LogP contribution in [0.1, 0.15) is 16.7 Å². The standard InChI is InChI=1S/C49H40N4O/c1-34-25-35(2)49(36(3)26-34)52-33-51(47-29-45(38-17-9-5-10-18-38)46(30-48(47)52)39-19-11-6-12-20-39)41-21-13-23-43(27-41)54-44-24-14-22-42(28-44)53-32-40(31-50-53)37-15-7-4-8-16-37/h4-32H,33H2,1-3H3. The lowest BCUT2D eigenvalue weighted by Crippen LogP contribution is -2.25. The van der Waals surface area contributed by atoms with E-state index in [9.17, 15) is 0 Å². The maximum atomic E-state index is 6.57. The molecule has 1 aliphatic heterocycles. The van der Waals surface area contributed by atoms with Crippen LogP contribution in [0.2, 0.25) is 0 Å². The van der Waals surface area contributed by atoms with Gasteiger partial charge >= 0.3 is 0 Å². The quantitative estimate of drug-likeness (QED) is 0.158. The Hall–Kier alpha value is -6.85. The SMILES string of the molecule is Cc1cc(C)c(N2CN(c3cccc(Oc4cccc(-n5cc(-c6ccccc6)cn5)c4)c3)c3cc(-c4ccccc4)c(-c4ccccc4)cc32)c(C)c1. The zero-order valence-electron chi connectivity index (χ0n) is 30.6. The molecule has 7 aromatic carbocycles. The second kappa shape index (κ2) is 13.9. The van der Waals surface area contributed by atoms with Crippen molar-refractivity contribution in [1.82, 2.24) is 9.78 Å². The fourth-order valence-corrected chi connectivity index (χ4v) is 7.81. The van der Waals surface area contributed by atoms with Crippen molar-refractivity contribution in [3.63, 3.8) is 0 Å². The van der Waals surface area contributed by atoms with Crippen LogP contribution in [-0.2, 0) is 0 Å². The van der Waals surface area contributed by atoms with Crippen LogP contribution in [-0.4, -0.2) is 16.4 Å². The van der Waals surface area contributed by atoms with E-state index in [-0.39, 0.29) is 0 Å². The van der Waals surface area contributed by atoms with E-state index in [0.29, 0.717) is 6.67 Å². The lowest BCUT2D eigenvalue weighted by atomic mass is 9.93. The largest absolute Gasteiger partial charge is 0.457 e. The molecule has 5 heteroatoms. The highest BCUT2D eigenvalue weighted by molar-refractivity contribution is 5.97. The van der Waals surface area contributed by atoms with E-state index in [1.165, 1.54) is 50.3 Å². The first-order chi connectivity index (χ1) is 26.5. The zero-order chi connectivity index (χ0) is 36.6. The molecule has 0 unspecified atom stereocenters. The van der Waals surface area contributed by atoms with Crippen LogP contribution in [0.4, 0.5) is 22.7 Å². The van der Waals surface area contributed by atoms with E-state index in [1.54, 1.807) is 0 Å². The molecule has 1 aromatic heterocycles. The van der Waals surface area contributed by atoms with Crippen LogP contribution in [0.5, 0.6) is 11.5 Å². The van der Waals surface area contributed by atoms with Gasteiger partial charge in [0, 0.05) is 35.3 Å². The van der Waals surface area contributed by atoms with Crippen LogP contribution in [0.25, 0.3) is 39.1 Å². The Morgan fingerprint density at radius 2 is 1.00 bits per heavy atom. The van der Waals surface area contributed by atoms with E-state index in [4.69, 9.17) is 4.74 Å². The number of anilines is 4. The number of rotatable bonds is 8. The van der Waals surface area contributed by atoms with Gasteiger partial charge < -0.3 is 14.5 Å². The van der Waals surface area contributed by atoms with Crippen LogP contribution in [0.15, 0.2) is 176 Å². The van der Waals surface area contributed by atoms with E-state index in [2.05, 4.69) is 157 Å². The Labute approximate surface area is 317 Å². The van der Waals surface area contributed by atoms with Gasteiger partial charge in [-0.1, -0.05) is 121 Å². The van der Waals surface area contributed by atoms with E-state index in [1.807, 2.05) is 59.4 Å². The molecule has 0 spiro atoms. The summed E-state index contributed by atoms with van der Waals surface area (Å²) in [6.45, 7) is 7.28. The van der Waals surface area contributed by atoms with Crippen molar-refractivity contribution in [3.8, 4) is 50.6 Å². The van der Waals surface area contributed by atoms with E-state index < -0.39 is 0 Å². The van der Waals surface area contributed by atoms with E-state index in [0.717, 1.165) is 39.7 Å². The molecule has 0 aliphatic carbocycles. The minimum absolute atomic E-state index is 0.661. The Morgan fingerprint density at radius 3 is 1.59 bits per heavy atom. The average molecular weight is 701 g/mol. The fourth-order valence-electron chi connectivity index (χ4n) is 7.81. The average Bonchev–Trinajstić information content (AvgIpc) is 3.84. The molecule has 9 rings (SSSR count). The summed E-state index contributed by atoms with van der Waals surface area (Å²) in [5.74, 6) is 1.51. The molecule has 0 saturated carbocycles. The Bertz CT molecular complexity index is 2570. The van der Waals surface area contributed by atoms with Crippen molar-refractivity contribution in [2.75, 3.05) is 16.5 Å². The first-order valence-corrected chi connectivity index (χ1v) is 18.4. The second-order valence-corrected chi connectivity index (χ2v) is 14.0. The van der Waals surface area contributed by atoms with Gasteiger partial charge in [-0.3, -0.25) is 0 Å². The van der Waals surface area contributed by atoms with Gasteiger partial charge in [0.2, 0.25) is 0 Å². The molecule has 0 radical (unpaired) electrons. The summed E-state index contributed by atoms with van der Waals surface area (Å²) in [6, 6.07) is 57.6. The Morgan fingerprint density at radius 1 is 0.481 bits per heavy atom. The minimum Gasteiger partial charge on any atom is -0.457 e. The molecule has 8 aromatic rings. The highest BCUT2D eigenvalue weighted by Gasteiger charge is 2.32. The van der Waals surface area contributed by atoms with Gasteiger partial charge in [-0.15, -0.1) is 0 Å². The first kappa shape index (κ1) is 33.0. The molecule has 262 valence electrons. The number of fused-ring (bicyclic) bond motifs is 1. The van der Waals surface area contributed by atoms with Crippen molar-refractivity contribution in [1.29, 1.82) is 0 Å². The number of nitrogens with zero attached hydrogens (tertiary/aromatic N) is 4. The van der Waals surface area contributed by atoms with Gasteiger partial charge in [0.25, 0.3) is 0 Å². The molecule has 1 aliphatic rings. The molecule has 54 heavy (non-hydrogen) atoms. The van der Waals surface area contributed by atoms with Crippen molar-refractivity contribution >= 4 is 22.7 Å². The van der Waals surface area contributed by atoms with Gasteiger partial charge in [-0.25, -0.2) is 4.68 Å². The number of aryl methyl sites for hydroxylation is 3. The Balaban J connectivity index is 1.11. The van der Waals surface area contributed by atoms with Crippen molar-refractivity contribution in [2.24, 2.45) is 0 Å². The summed E-state index contributed by atoms with van der Waals surface area (Å²) in [5.41, 5.74) is 16.3. The van der Waals surface area contributed by atoms with Crippen LogP contribution in [0.3, 0.4) is 0 Å². The normalized spacial score (nSPS) is 12.2.